The Hall–Kier alpha value is -2.71. The third kappa shape index (κ3) is 5.06. The van der Waals surface area contributed by atoms with Crippen LogP contribution in [0.25, 0.3) is 0 Å². The van der Waals surface area contributed by atoms with Crippen LogP contribution in [-0.2, 0) is 14.8 Å². The molecular formula is C22H26N2O5S. The number of benzene rings is 2. The summed E-state index contributed by atoms with van der Waals surface area (Å²) in [6.07, 6.45) is 1.89. The largest absolute Gasteiger partial charge is 0.462 e. The Morgan fingerprint density at radius 2 is 1.70 bits per heavy atom. The maximum Gasteiger partial charge on any atom is 0.338 e. The van der Waals surface area contributed by atoms with Crippen molar-refractivity contribution in [2.45, 2.75) is 31.6 Å². The van der Waals surface area contributed by atoms with Gasteiger partial charge in [0.25, 0.3) is 5.91 Å². The predicted molar refractivity (Wildman–Crippen MR) is 114 cm³/mol. The van der Waals surface area contributed by atoms with E-state index < -0.39 is 16.0 Å². The van der Waals surface area contributed by atoms with Gasteiger partial charge in [0, 0.05) is 24.3 Å². The lowest BCUT2D eigenvalue weighted by Gasteiger charge is -2.30. The number of nitrogens with zero attached hydrogens (tertiary/aromatic N) is 1. The fourth-order valence-corrected chi connectivity index (χ4v) is 5.00. The van der Waals surface area contributed by atoms with Gasteiger partial charge in [-0.2, -0.15) is 4.31 Å². The minimum atomic E-state index is -3.56. The van der Waals surface area contributed by atoms with E-state index in [9.17, 15) is 18.0 Å². The van der Waals surface area contributed by atoms with Crippen molar-refractivity contribution < 1.29 is 22.7 Å². The molecule has 1 amide bonds. The number of ether oxygens (including phenoxy) is 1. The molecule has 160 valence electrons. The summed E-state index contributed by atoms with van der Waals surface area (Å²) in [5, 5.41) is 2.73. The standard InChI is InChI=1S/C22H26N2O5S/c1-3-29-22(26)18-6-10-19(11-7-18)23-21(25)17-8-12-20(13-9-17)30(27,28)24-14-4-5-16(2)15-24/h6-13,16H,3-5,14-15H2,1-2H3,(H,23,25). The number of carbonyl (C=O) groups excluding carboxylic acids is 2. The molecule has 0 saturated carbocycles. The van der Waals surface area contributed by atoms with E-state index in [2.05, 4.69) is 5.32 Å². The number of amides is 1. The highest BCUT2D eigenvalue weighted by molar-refractivity contribution is 7.89. The molecule has 0 aliphatic carbocycles. The number of hydrogen-bond donors (Lipinski definition) is 1. The molecular weight excluding hydrogens is 404 g/mol. The summed E-state index contributed by atoms with van der Waals surface area (Å²) in [5.74, 6) is -0.446. The summed E-state index contributed by atoms with van der Waals surface area (Å²) in [5.41, 5.74) is 1.26. The van der Waals surface area contributed by atoms with Gasteiger partial charge in [0.2, 0.25) is 10.0 Å². The first-order valence-corrected chi connectivity index (χ1v) is 11.4. The third-order valence-corrected chi connectivity index (χ3v) is 6.91. The summed E-state index contributed by atoms with van der Waals surface area (Å²) >= 11 is 0. The van der Waals surface area contributed by atoms with Crippen LogP contribution in [0, 0.1) is 5.92 Å². The van der Waals surface area contributed by atoms with E-state index in [-0.39, 0.29) is 10.8 Å². The highest BCUT2D eigenvalue weighted by Crippen LogP contribution is 2.24. The van der Waals surface area contributed by atoms with E-state index >= 15 is 0 Å². The molecule has 1 unspecified atom stereocenters. The van der Waals surface area contributed by atoms with Gasteiger partial charge >= 0.3 is 5.97 Å². The van der Waals surface area contributed by atoms with Gasteiger partial charge in [-0.1, -0.05) is 6.92 Å². The first-order valence-electron chi connectivity index (χ1n) is 10.00. The lowest BCUT2D eigenvalue weighted by atomic mass is 10.0. The van der Waals surface area contributed by atoms with Crippen molar-refractivity contribution in [3.63, 3.8) is 0 Å². The highest BCUT2D eigenvalue weighted by atomic mass is 32.2. The number of anilines is 1. The van der Waals surface area contributed by atoms with Crippen molar-refractivity contribution in [3.8, 4) is 0 Å². The molecule has 1 saturated heterocycles. The number of sulfonamides is 1. The van der Waals surface area contributed by atoms with Crippen molar-refractivity contribution in [1.29, 1.82) is 0 Å². The monoisotopic (exact) mass is 430 g/mol. The van der Waals surface area contributed by atoms with E-state index in [4.69, 9.17) is 4.74 Å². The van der Waals surface area contributed by atoms with Gasteiger partial charge < -0.3 is 10.1 Å². The molecule has 30 heavy (non-hydrogen) atoms. The zero-order valence-electron chi connectivity index (χ0n) is 17.1. The zero-order chi connectivity index (χ0) is 21.7. The fraction of sp³-hybridized carbons (Fsp3) is 0.364. The van der Waals surface area contributed by atoms with Crippen LogP contribution in [0.5, 0.6) is 0 Å². The van der Waals surface area contributed by atoms with Crippen LogP contribution in [0.4, 0.5) is 5.69 Å². The summed E-state index contributed by atoms with van der Waals surface area (Å²) in [4.78, 5) is 24.3. The zero-order valence-corrected chi connectivity index (χ0v) is 17.9. The van der Waals surface area contributed by atoms with Crippen molar-refractivity contribution in [2.75, 3.05) is 25.0 Å². The van der Waals surface area contributed by atoms with Gasteiger partial charge in [0.05, 0.1) is 17.1 Å². The maximum absolute atomic E-state index is 12.8. The van der Waals surface area contributed by atoms with Crippen molar-refractivity contribution in [2.24, 2.45) is 5.92 Å². The molecule has 0 spiro atoms. The Labute approximate surface area is 177 Å². The molecule has 0 bridgehead atoms. The van der Waals surface area contributed by atoms with Gasteiger partial charge in [-0.15, -0.1) is 0 Å². The van der Waals surface area contributed by atoms with Crippen LogP contribution >= 0.6 is 0 Å². The Morgan fingerprint density at radius 1 is 1.07 bits per heavy atom. The van der Waals surface area contributed by atoms with E-state index in [0.717, 1.165) is 12.8 Å². The number of carbonyl (C=O) groups is 2. The van der Waals surface area contributed by atoms with Crippen LogP contribution in [0.1, 0.15) is 47.4 Å². The van der Waals surface area contributed by atoms with Gasteiger partial charge in [0.1, 0.15) is 0 Å². The maximum atomic E-state index is 12.8. The molecule has 1 N–H and O–H groups in total. The molecule has 1 aliphatic heterocycles. The van der Waals surface area contributed by atoms with Gasteiger partial charge in [-0.05, 0) is 74.2 Å². The van der Waals surface area contributed by atoms with Crippen molar-refractivity contribution in [1.82, 2.24) is 4.31 Å². The summed E-state index contributed by atoms with van der Waals surface area (Å²) < 4.78 is 32.1. The lowest BCUT2D eigenvalue weighted by molar-refractivity contribution is 0.0526. The molecule has 2 aromatic rings. The molecule has 0 aromatic heterocycles. The van der Waals surface area contributed by atoms with E-state index in [1.54, 1.807) is 31.2 Å². The topological polar surface area (TPSA) is 92.8 Å². The molecule has 1 heterocycles. The van der Waals surface area contributed by atoms with E-state index in [0.29, 0.717) is 42.4 Å². The first-order chi connectivity index (χ1) is 14.3. The summed E-state index contributed by atoms with van der Waals surface area (Å²) in [6.45, 7) is 5.12. The normalized spacial score (nSPS) is 17.3. The number of esters is 1. The fourth-order valence-electron chi connectivity index (χ4n) is 3.40. The van der Waals surface area contributed by atoms with Crippen molar-refractivity contribution in [3.05, 3.63) is 59.7 Å². The second-order valence-corrected chi connectivity index (χ2v) is 9.32. The minimum Gasteiger partial charge on any atom is -0.462 e. The molecule has 1 fully saturated rings. The molecule has 8 heteroatoms. The Kier molecular flexibility index (Phi) is 6.89. The quantitative estimate of drug-likeness (QED) is 0.708. The number of hydrogen-bond acceptors (Lipinski definition) is 5. The van der Waals surface area contributed by atoms with Crippen LogP contribution in [0.15, 0.2) is 53.4 Å². The Morgan fingerprint density at radius 3 is 2.30 bits per heavy atom. The van der Waals surface area contributed by atoms with Crippen LogP contribution in [0.2, 0.25) is 0 Å². The van der Waals surface area contributed by atoms with E-state index in [1.165, 1.54) is 28.6 Å². The number of nitrogens with one attached hydrogen (secondary N) is 1. The third-order valence-electron chi connectivity index (χ3n) is 5.03. The molecule has 7 nitrogen and oxygen atoms in total. The summed E-state index contributed by atoms with van der Waals surface area (Å²) in [7, 11) is -3.56. The molecule has 1 aliphatic rings. The molecule has 3 rings (SSSR count). The Bertz CT molecular complexity index is 1000. The Balaban J connectivity index is 1.67. The SMILES string of the molecule is CCOC(=O)c1ccc(NC(=O)c2ccc(S(=O)(=O)N3CCCC(C)C3)cc2)cc1. The van der Waals surface area contributed by atoms with Crippen LogP contribution in [-0.4, -0.2) is 44.3 Å². The molecule has 1 atom stereocenters. The number of piperidine rings is 1. The van der Waals surface area contributed by atoms with Gasteiger partial charge in [-0.25, -0.2) is 13.2 Å². The predicted octanol–water partition coefficient (Wildman–Crippen LogP) is 3.54. The van der Waals surface area contributed by atoms with E-state index in [1.807, 2.05) is 6.92 Å². The minimum absolute atomic E-state index is 0.187. The smallest absolute Gasteiger partial charge is 0.338 e. The van der Waals surface area contributed by atoms with Crippen molar-refractivity contribution >= 4 is 27.6 Å². The van der Waals surface area contributed by atoms with Gasteiger partial charge in [-0.3, -0.25) is 4.79 Å². The first kappa shape index (κ1) is 22.0. The van der Waals surface area contributed by atoms with Gasteiger partial charge in [0.15, 0.2) is 0 Å². The molecule has 2 aromatic carbocycles. The summed E-state index contributed by atoms with van der Waals surface area (Å²) in [6, 6.07) is 12.3. The average Bonchev–Trinajstić information content (AvgIpc) is 2.74. The second kappa shape index (κ2) is 9.40. The second-order valence-electron chi connectivity index (χ2n) is 7.39. The van der Waals surface area contributed by atoms with Crippen LogP contribution < -0.4 is 5.32 Å². The highest BCUT2D eigenvalue weighted by Gasteiger charge is 2.28. The number of rotatable bonds is 6. The lowest BCUT2D eigenvalue weighted by Crippen LogP contribution is -2.39. The van der Waals surface area contributed by atoms with Crippen LogP contribution in [0.3, 0.4) is 0 Å². The average molecular weight is 431 g/mol. The molecule has 0 radical (unpaired) electrons.